The lowest BCUT2D eigenvalue weighted by atomic mass is 9.79. The van der Waals surface area contributed by atoms with Crippen LogP contribution in [-0.2, 0) is 5.54 Å². The van der Waals surface area contributed by atoms with Crippen LogP contribution in [0.15, 0.2) is 30.3 Å². The molecule has 1 rings (SSSR count). The molecule has 114 valence electrons. The van der Waals surface area contributed by atoms with Crippen molar-refractivity contribution in [3.63, 3.8) is 0 Å². The van der Waals surface area contributed by atoms with Crippen molar-refractivity contribution < 1.29 is 0 Å². The average Bonchev–Trinajstić information content (AvgIpc) is 2.49. The molecule has 0 aliphatic carbocycles. The molecule has 0 heterocycles. The second-order valence-corrected chi connectivity index (χ2v) is 5.72. The molecule has 0 fully saturated rings. The predicted octanol–water partition coefficient (Wildman–Crippen LogP) is 4.15. The van der Waals surface area contributed by atoms with E-state index in [1.165, 1.54) is 18.4 Å². The first-order valence-electron chi connectivity index (χ1n) is 8.22. The van der Waals surface area contributed by atoms with Gasteiger partial charge in [0.05, 0.1) is 5.54 Å². The summed E-state index contributed by atoms with van der Waals surface area (Å²) in [6, 6.07) is 11.0. The van der Waals surface area contributed by atoms with Crippen molar-refractivity contribution in [2.75, 3.05) is 13.1 Å². The van der Waals surface area contributed by atoms with E-state index in [0.29, 0.717) is 6.04 Å². The molecule has 1 aromatic carbocycles. The van der Waals surface area contributed by atoms with Crippen molar-refractivity contribution in [2.45, 2.75) is 65.0 Å². The van der Waals surface area contributed by atoms with Crippen molar-refractivity contribution in [1.82, 2.24) is 4.90 Å². The van der Waals surface area contributed by atoms with Crippen LogP contribution < -0.4 is 5.73 Å². The Balaban J connectivity index is 3.09. The van der Waals surface area contributed by atoms with Gasteiger partial charge in [-0.15, -0.1) is 0 Å². The van der Waals surface area contributed by atoms with E-state index in [0.717, 1.165) is 25.9 Å². The Kier molecular flexibility index (Phi) is 7.25. The van der Waals surface area contributed by atoms with E-state index >= 15 is 0 Å². The monoisotopic (exact) mass is 276 g/mol. The summed E-state index contributed by atoms with van der Waals surface area (Å²) in [5, 5.41) is 0. The van der Waals surface area contributed by atoms with Crippen LogP contribution in [0.5, 0.6) is 0 Å². The number of nitrogens with two attached hydrogens (primary N) is 1. The van der Waals surface area contributed by atoms with Crippen LogP contribution in [0.1, 0.15) is 58.9 Å². The van der Waals surface area contributed by atoms with E-state index in [1.807, 2.05) is 0 Å². The van der Waals surface area contributed by atoms with Crippen LogP contribution in [0.4, 0.5) is 0 Å². The summed E-state index contributed by atoms with van der Waals surface area (Å²) in [5.74, 6) is 0. The Hall–Kier alpha value is -0.860. The van der Waals surface area contributed by atoms with Crippen LogP contribution in [0, 0.1) is 0 Å². The normalized spacial score (nSPS) is 16.1. The third-order valence-corrected chi connectivity index (χ3v) is 4.34. The number of rotatable bonds is 9. The summed E-state index contributed by atoms with van der Waals surface area (Å²) in [6.45, 7) is 11.3. The number of benzene rings is 1. The zero-order valence-corrected chi connectivity index (χ0v) is 13.7. The molecule has 0 saturated carbocycles. The summed E-state index contributed by atoms with van der Waals surface area (Å²) in [5.41, 5.74) is 7.91. The highest BCUT2D eigenvalue weighted by atomic mass is 15.2. The first-order chi connectivity index (χ1) is 9.63. The molecule has 0 radical (unpaired) electrons. The second kappa shape index (κ2) is 8.43. The predicted molar refractivity (Wildman–Crippen MR) is 88.8 cm³/mol. The van der Waals surface area contributed by atoms with E-state index in [9.17, 15) is 0 Å². The number of hydrogen-bond acceptors (Lipinski definition) is 2. The Labute approximate surface area is 125 Å². The van der Waals surface area contributed by atoms with Gasteiger partial charge in [0.2, 0.25) is 0 Å². The molecule has 0 saturated heterocycles. The maximum atomic E-state index is 6.89. The van der Waals surface area contributed by atoms with Gasteiger partial charge >= 0.3 is 0 Å². The lowest BCUT2D eigenvalue weighted by molar-refractivity contribution is 0.109. The van der Waals surface area contributed by atoms with Crippen LogP contribution in [0.3, 0.4) is 0 Å². The van der Waals surface area contributed by atoms with E-state index in [-0.39, 0.29) is 5.54 Å². The van der Waals surface area contributed by atoms with E-state index in [2.05, 4.69) is 62.9 Å². The fourth-order valence-corrected chi connectivity index (χ4v) is 3.33. The van der Waals surface area contributed by atoms with Crippen LogP contribution in [-0.4, -0.2) is 24.0 Å². The molecule has 0 aliphatic rings. The van der Waals surface area contributed by atoms with Gasteiger partial charge in [-0.1, -0.05) is 58.0 Å². The second-order valence-electron chi connectivity index (χ2n) is 5.72. The lowest BCUT2D eigenvalue weighted by Gasteiger charge is -2.44. The first-order valence-corrected chi connectivity index (χ1v) is 8.22. The van der Waals surface area contributed by atoms with Crippen molar-refractivity contribution in [2.24, 2.45) is 5.73 Å². The summed E-state index contributed by atoms with van der Waals surface area (Å²) >= 11 is 0. The summed E-state index contributed by atoms with van der Waals surface area (Å²) in [7, 11) is 0. The molecule has 2 heteroatoms. The SMILES string of the molecule is CCCN(CCC)C(CC)C(N)(CC)c1ccccc1. The summed E-state index contributed by atoms with van der Waals surface area (Å²) < 4.78 is 0. The molecule has 0 aliphatic heterocycles. The van der Waals surface area contributed by atoms with Gasteiger partial charge in [0.25, 0.3) is 0 Å². The van der Waals surface area contributed by atoms with Crippen molar-refractivity contribution >= 4 is 0 Å². The quantitative estimate of drug-likeness (QED) is 0.734. The Morgan fingerprint density at radius 3 is 1.95 bits per heavy atom. The molecular weight excluding hydrogens is 244 g/mol. The standard InChI is InChI=1S/C18H32N2/c1-5-14-20(15-6-2)17(7-3)18(19,8-4)16-12-10-9-11-13-16/h9-13,17H,5-8,14-15,19H2,1-4H3. The van der Waals surface area contributed by atoms with Gasteiger partial charge in [0, 0.05) is 6.04 Å². The van der Waals surface area contributed by atoms with E-state index in [4.69, 9.17) is 5.73 Å². The maximum Gasteiger partial charge on any atom is 0.0564 e. The van der Waals surface area contributed by atoms with Crippen LogP contribution >= 0.6 is 0 Å². The van der Waals surface area contributed by atoms with Crippen molar-refractivity contribution in [1.29, 1.82) is 0 Å². The highest BCUT2D eigenvalue weighted by Gasteiger charge is 2.37. The van der Waals surface area contributed by atoms with Crippen molar-refractivity contribution in [3.05, 3.63) is 35.9 Å². The molecule has 0 bridgehead atoms. The van der Waals surface area contributed by atoms with Crippen LogP contribution in [0.25, 0.3) is 0 Å². The fourth-order valence-electron chi connectivity index (χ4n) is 3.33. The minimum atomic E-state index is -0.250. The van der Waals surface area contributed by atoms with Crippen LogP contribution in [0.2, 0.25) is 0 Å². The maximum absolute atomic E-state index is 6.89. The van der Waals surface area contributed by atoms with Gasteiger partial charge in [-0.3, -0.25) is 4.90 Å². The summed E-state index contributed by atoms with van der Waals surface area (Å²) in [4.78, 5) is 2.59. The molecule has 20 heavy (non-hydrogen) atoms. The molecule has 0 spiro atoms. The Morgan fingerprint density at radius 1 is 1.00 bits per heavy atom. The topological polar surface area (TPSA) is 29.3 Å². The molecule has 0 aromatic heterocycles. The first kappa shape index (κ1) is 17.2. The summed E-state index contributed by atoms with van der Waals surface area (Å²) in [6.07, 6.45) is 4.44. The third kappa shape index (κ3) is 3.83. The van der Waals surface area contributed by atoms with Gasteiger partial charge in [-0.2, -0.15) is 0 Å². The molecule has 2 N–H and O–H groups in total. The minimum Gasteiger partial charge on any atom is -0.320 e. The van der Waals surface area contributed by atoms with E-state index < -0.39 is 0 Å². The van der Waals surface area contributed by atoms with Gasteiger partial charge in [0.1, 0.15) is 0 Å². The molecule has 0 amide bonds. The zero-order chi connectivity index (χ0) is 15.0. The highest BCUT2D eigenvalue weighted by molar-refractivity contribution is 5.26. The molecule has 2 nitrogen and oxygen atoms in total. The van der Waals surface area contributed by atoms with Gasteiger partial charge in [-0.05, 0) is 44.3 Å². The van der Waals surface area contributed by atoms with Crippen molar-refractivity contribution in [3.8, 4) is 0 Å². The van der Waals surface area contributed by atoms with Gasteiger partial charge in [0.15, 0.2) is 0 Å². The average molecular weight is 276 g/mol. The molecule has 1 aromatic rings. The molecule has 2 unspecified atom stereocenters. The minimum absolute atomic E-state index is 0.250. The fraction of sp³-hybridized carbons (Fsp3) is 0.667. The molecule has 2 atom stereocenters. The third-order valence-electron chi connectivity index (χ3n) is 4.34. The van der Waals surface area contributed by atoms with E-state index in [1.54, 1.807) is 0 Å². The smallest absolute Gasteiger partial charge is 0.0564 e. The largest absolute Gasteiger partial charge is 0.320 e. The van der Waals surface area contributed by atoms with Gasteiger partial charge < -0.3 is 5.73 Å². The number of nitrogens with zero attached hydrogens (tertiary/aromatic N) is 1. The Morgan fingerprint density at radius 2 is 1.55 bits per heavy atom. The number of hydrogen-bond donors (Lipinski definition) is 1. The molecular formula is C18H32N2. The lowest BCUT2D eigenvalue weighted by Crippen LogP contribution is -2.56. The zero-order valence-electron chi connectivity index (χ0n) is 13.7. The Bertz CT molecular complexity index is 357. The highest BCUT2D eigenvalue weighted by Crippen LogP contribution is 2.31. The van der Waals surface area contributed by atoms with Gasteiger partial charge in [-0.25, -0.2) is 0 Å².